The van der Waals surface area contributed by atoms with Crippen molar-refractivity contribution in [1.29, 1.82) is 0 Å². The van der Waals surface area contributed by atoms with Crippen LogP contribution in [0.15, 0.2) is 24.3 Å². The summed E-state index contributed by atoms with van der Waals surface area (Å²) >= 11 is 3.54. The molecule has 0 aliphatic heterocycles. The van der Waals surface area contributed by atoms with E-state index in [9.17, 15) is 36.7 Å². The highest BCUT2D eigenvalue weighted by atomic mass is 127. The minimum atomic E-state index is -1.90. The standard InChI is InChI=1S/C20H30F2INO4Si.C14H16F2INO4/c1-7-27-19(26)15(12-24-8-9-28-29(5,6)20(2,3)4)18(25)14-10-13(23)11-16(21)17(14)22;1-2-22-14(21)10(7-18-3-4-19)13(20)9-5-8(17)6-11(15)12(9)16/h10-11,15,24H,7-9,12H2,1-6H3;5-6,10,18-19H,2-4,7H2,1H3. The second kappa shape index (κ2) is 22.2. The van der Waals surface area contributed by atoms with E-state index in [1.54, 1.807) is 59.0 Å². The maximum atomic E-state index is 14.1. The van der Waals surface area contributed by atoms with E-state index < -0.39 is 78.1 Å². The second-order valence-electron chi connectivity index (χ2n) is 12.6. The summed E-state index contributed by atoms with van der Waals surface area (Å²) in [5, 5.41) is 14.5. The zero-order valence-corrected chi connectivity index (χ0v) is 35.0. The molecule has 0 saturated heterocycles. The van der Waals surface area contributed by atoms with Crippen molar-refractivity contribution in [1.82, 2.24) is 10.6 Å². The van der Waals surface area contributed by atoms with E-state index in [1.165, 1.54) is 12.1 Å². The predicted molar refractivity (Wildman–Crippen MR) is 203 cm³/mol. The van der Waals surface area contributed by atoms with Gasteiger partial charge in [-0.15, -0.1) is 0 Å². The quantitative estimate of drug-likeness (QED) is 0.0237. The number of carbonyl (C=O) groups is 4. The van der Waals surface area contributed by atoms with Crippen LogP contribution >= 0.6 is 45.2 Å². The van der Waals surface area contributed by atoms with Gasteiger partial charge in [-0.05, 0) is 101 Å². The third kappa shape index (κ3) is 14.7. The summed E-state index contributed by atoms with van der Waals surface area (Å²) in [4.78, 5) is 49.3. The zero-order chi connectivity index (χ0) is 39.1. The summed E-state index contributed by atoms with van der Waals surface area (Å²) in [5.41, 5.74) is -0.944. The number of benzene rings is 2. The van der Waals surface area contributed by atoms with Crippen LogP contribution in [0.5, 0.6) is 0 Å². The Balaban J connectivity index is 0.000000530. The number of carbonyl (C=O) groups excluding carboxylic acids is 4. The van der Waals surface area contributed by atoms with Gasteiger partial charge < -0.3 is 29.6 Å². The van der Waals surface area contributed by atoms with E-state index in [1.807, 2.05) is 0 Å². The molecule has 0 aromatic heterocycles. The lowest BCUT2D eigenvalue weighted by atomic mass is 9.97. The fourth-order valence-electron chi connectivity index (χ4n) is 4.06. The van der Waals surface area contributed by atoms with Crippen molar-refractivity contribution in [2.24, 2.45) is 11.8 Å². The van der Waals surface area contributed by atoms with Gasteiger partial charge in [0.15, 0.2) is 43.2 Å². The minimum absolute atomic E-state index is 0.0505. The molecule has 2 aromatic rings. The fourth-order valence-corrected chi connectivity index (χ4v) is 6.28. The van der Waals surface area contributed by atoms with Gasteiger partial charge >= 0.3 is 11.9 Å². The molecule has 2 aromatic carbocycles. The van der Waals surface area contributed by atoms with E-state index in [-0.39, 0.29) is 44.5 Å². The fraction of sp³-hybridized carbons (Fsp3) is 0.529. The molecule has 2 unspecified atom stereocenters. The van der Waals surface area contributed by atoms with Crippen LogP contribution in [0.2, 0.25) is 18.1 Å². The van der Waals surface area contributed by atoms with Crippen LogP contribution in [0.3, 0.4) is 0 Å². The normalized spacial score (nSPS) is 12.7. The third-order valence-corrected chi connectivity index (χ3v) is 13.6. The number of aliphatic hydroxyl groups excluding tert-OH is 1. The Morgan fingerprint density at radius 2 is 1.16 bits per heavy atom. The van der Waals surface area contributed by atoms with E-state index >= 15 is 0 Å². The van der Waals surface area contributed by atoms with Crippen molar-refractivity contribution >= 4 is 77.0 Å². The lowest BCUT2D eigenvalue weighted by Gasteiger charge is -2.36. The summed E-state index contributed by atoms with van der Waals surface area (Å²) in [6.45, 7) is 14.6. The Bertz CT molecular complexity index is 1510. The van der Waals surface area contributed by atoms with Crippen LogP contribution in [0.1, 0.15) is 55.3 Å². The number of hydrogen-bond acceptors (Lipinski definition) is 10. The van der Waals surface area contributed by atoms with Gasteiger partial charge in [-0.1, -0.05) is 20.8 Å². The van der Waals surface area contributed by atoms with Crippen LogP contribution in [-0.4, -0.2) is 89.5 Å². The summed E-state index contributed by atoms with van der Waals surface area (Å²) in [7, 11) is -1.90. The van der Waals surface area contributed by atoms with E-state index in [0.29, 0.717) is 20.3 Å². The summed E-state index contributed by atoms with van der Waals surface area (Å²) < 4.78 is 71.6. The summed E-state index contributed by atoms with van der Waals surface area (Å²) in [6, 6.07) is 4.35. The number of ether oxygens (including phenoxy) is 2. The molecule has 0 aliphatic rings. The first kappa shape index (κ1) is 47.0. The van der Waals surface area contributed by atoms with E-state index in [4.69, 9.17) is 19.0 Å². The molecule has 0 aliphatic carbocycles. The average molecular weight is 969 g/mol. The molecule has 3 N–H and O–H groups in total. The molecule has 0 bridgehead atoms. The first-order valence-electron chi connectivity index (χ1n) is 16.1. The van der Waals surface area contributed by atoms with Crippen molar-refractivity contribution in [3.63, 3.8) is 0 Å². The highest BCUT2D eigenvalue weighted by molar-refractivity contribution is 14.1. The molecule has 0 heterocycles. The number of rotatable bonds is 18. The Labute approximate surface area is 324 Å². The third-order valence-electron chi connectivity index (χ3n) is 7.83. The van der Waals surface area contributed by atoms with Crippen LogP contribution in [0.4, 0.5) is 17.6 Å². The number of hydrogen-bond donors (Lipinski definition) is 3. The highest BCUT2D eigenvalue weighted by Crippen LogP contribution is 2.36. The Hall–Kier alpha value is -2.04. The largest absolute Gasteiger partial charge is 0.465 e. The number of nitrogens with one attached hydrogen (secondary N) is 2. The Morgan fingerprint density at radius 1 is 0.765 bits per heavy atom. The predicted octanol–water partition coefficient (Wildman–Crippen LogP) is 6.06. The summed E-state index contributed by atoms with van der Waals surface area (Å²) in [6.07, 6.45) is 0. The maximum Gasteiger partial charge on any atom is 0.318 e. The van der Waals surface area contributed by atoms with Crippen LogP contribution in [0, 0.1) is 42.2 Å². The van der Waals surface area contributed by atoms with Crippen molar-refractivity contribution < 1.29 is 55.7 Å². The van der Waals surface area contributed by atoms with Gasteiger partial charge in [-0.2, -0.15) is 0 Å². The molecule has 286 valence electrons. The van der Waals surface area contributed by atoms with Crippen molar-refractivity contribution in [2.45, 2.75) is 52.8 Å². The Kier molecular flexibility index (Phi) is 20.5. The smallest absolute Gasteiger partial charge is 0.318 e. The van der Waals surface area contributed by atoms with Gasteiger partial charge in [0.1, 0.15) is 11.8 Å². The van der Waals surface area contributed by atoms with Crippen molar-refractivity contribution in [2.75, 3.05) is 52.6 Å². The van der Waals surface area contributed by atoms with Crippen molar-refractivity contribution in [3.8, 4) is 0 Å². The molecular formula is C34H46F4I2N2O8Si. The number of Topliss-reactive ketones (excluding diaryl/α,β-unsaturated/α-hetero) is 2. The van der Waals surface area contributed by atoms with Crippen molar-refractivity contribution in [3.05, 3.63) is 65.8 Å². The van der Waals surface area contributed by atoms with Gasteiger partial charge in [0.2, 0.25) is 0 Å². The molecule has 2 atom stereocenters. The number of ketones is 2. The van der Waals surface area contributed by atoms with Crippen LogP contribution in [-0.2, 0) is 23.5 Å². The van der Waals surface area contributed by atoms with E-state index in [2.05, 4.69) is 44.5 Å². The molecule has 51 heavy (non-hydrogen) atoms. The van der Waals surface area contributed by atoms with Gasteiger partial charge in [-0.3, -0.25) is 19.2 Å². The highest BCUT2D eigenvalue weighted by Gasteiger charge is 2.37. The molecule has 0 amide bonds. The Morgan fingerprint density at radius 3 is 1.51 bits per heavy atom. The number of halogens is 6. The second-order valence-corrected chi connectivity index (χ2v) is 19.9. The van der Waals surface area contributed by atoms with Crippen LogP contribution in [0.25, 0.3) is 0 Å². The molecule has 0 spiro atoms. The number of aliphatic hydroxyl groups is 1. The average Bonchev–Trinajstić information content (AvgIpc) is 3.03. The number of esters is 2. The topological polar surface area (TPSA) is 140 Å². The lowest BCUT2D eigenvalue weighted by Crippen LogP contribution is -2.43. The SMILES string of the molecule is CCOC(=O)C(CNCCO)C(=O)c1cc(I)cc(F)c1F.CCOC(=O)C(CNCCO[Si](C)(C)C(C)(C)C)C(=O)c1cc(I)cc(F)c1F. The maximum absolute atomic E-state index is 14.1. The first-order chi connectivity index (χ1) is 23.7. The molecule has 2 rings (SSSR count). The molecule has 17 heteroatoms. The molecule has 10 nitrogen and oxygen atoms in total. The van der Waals surface area contributed by atoms with E-state index in [0.717, 1.165) is 12.1 Å². The minimum Gasteiger partial charge on any atom is -0.465 e. The van der Waals surface area contributed by atoms with Gasteiger partial charge in [-0.25, -0.2) is 17.6 Å². The first-order valence-corrected chi connectivity index (χ1v) is 21.2. The van der Waals surface area contributed by atoms with Gasteiger partial charge in [0.25, 0.3) is 0 Å². The molecule has 0 fully saturated rings. The molecular weight excluding hydrogens is 922 g/mol. The molecule has 0 radical (unpaired) electrons. The molecule has 0 saturated carbocycles. The monoisotopic (exact) mass is 968 g/mol. The van der Waals surface area contributed by atoms with Gasteiger partial charge in [0, 0.05) is 39.9 Å². The summed E-state index contributed by atoms with van der Waals surface area (Å²) in [5.74, 6) is -10.7. The van der Waals surface area contributed by atoms with Gasteiger partial charge in [0.05, 0.1) is 30.9 Å². The zero-order valence-electron chi connectivity index (χ0n) is 29.7. The lowest BCUT2D eigenvalue weighted by molar-refractivity contribution is -0.147. The van der Waals surface area contributed by atoms with Crippen LogP contribution < -0.4 is 10.6 Å².